The third-order valence-corrected chi connectivity index (χ3v) is 4.25. The molecule has 0 bridgehead atoms. The molecule has 2 fully saturated rings. The minimum atomic E-state index is -0.453. The molecule has 2 heterocycles. The highest BCUT2D eigenvalue weighted by molar-refractivity contribution is 7.99. The molecule has 2 saturated heterocycles. The molecule has 2 unspecified atom stereocenters. The van der Waals surface area contributed by atoms with Gasteiger partial charge in [0.05, 0.1) is 5.60 Å². The molecular weight excluding hydrogens is 228 g/mol. The summed E-state index contributed by atoms with van der Waals surface area (Å²) in [5.41, 5.74) is 7.94. The fourth-order valence-corrected chi connectivity index (χ4v) is 3.60. The van der Waals surface area contributed by atoms with E-state index in [0.717, 1.165) is 31.6 Å². The molecule has 1 spiro atoms. The van der Waals surface area contributed by atoms with Crippen LogP contribution in [0.15, 0.2) is 0 Å². The summed E-state index contributed by atoms with van der Waals surface area (Å²) in [4.78, 5) is 15.6. The van der Waals surface area contributed by atoms with Crippen molar-refractivity contribution in [2.75, 3.05) is 24.7 Å². The van der Waals surface area contributed by atoms with Gasteiger partial charge in [-0.05, 0) is 25.0 Å². The zero-order valence-corrected chi connectivity index (χ0v) is 10.1. The Morgan fingerprint density at radius 2 is 2.56 bits per heavy atom. The van der Waals surface area contributed by atoms with Gasteiger partial charge in [-0.25, -0.2) is 0 Å². The smallest absolute Gasteiger partial charge is 0.245 e. The van der Waals surface area contributed by atoms with E-state index in [2.05, 4.69) is 5.48 Å². The average Bonchev–Trinajstić information content (AvgIpc) is 2.66. The van der Waals surface area contributed by atoms with E-state index >= 15 is 0 Å². The number of thioether (sulfide) groups is 1. The van der Waals surface area contributed by atoms with E-state index in [1.165, 1.54) is 5.75 Å². The van der Waals surface area contributed by atoms with Crippen molar-refractivity contribution in [1.29, 1.82) is 0 Å². The molecule has 0 aromatic carbocycles. The molecule has 0 aliphatic carbocycles. The van der Waals surface area contributed by atoms with Crippen LogP contribution < -0.4 is 11.2 Å². The third kappa shape index (κ3) is 3.10. The van der Waals surface area contributed by atoms with Gasteiger partial charge in [-0.2, -0.15) is 17.2 Å². The number of hydroxylamine groups is 1. The molecule has 2 aliphatic rings. The summed E-state index contributed by atoms with van der Waals surface area (Å²) in [6.45, 7) is 0.692. The first-order valence-corrected chi connectivity index (χ1v) is 6.73. The first-order valence-electron chi connectivity index (χ1n) is 5.58. The van der Waals surface area contributed by atoms with Crippen LogP contribution in [0.4, 0.5) is 0 Å². The Kier molecular flexibility index (Phi) is 4.07. The molecular formula is C10H18N2O3S. The molecule has 1 amide bonds. The van der Waals surface area contributed by atoms with E-state index < -0.39 is 5.91 Å². The van der Waals surface area contributed by atoms with E-state index in [9.17, 15) is 4.79 Å². The maximum absolute atomic E-state index is 10.5. The van der Waals surface area contributed by atoms with Crippen LogP contribution >= 0.6 is 11.8 Å². The number of ether oxygens (including phenoxy) is 1. The number of nitrogens with one attached hydrogen (secondary N) is 1. The molecule has 0 saturated carbocycles. The Balaban J connectivity index is 1.76. The molecule has 2 aliphatic heterocycles. The lowest BCUT2D eigenvalue weighted by Gasteiger charge is -2.37. The quantitative estimate of drug-likeness (QED) is 0.686. The normalized spacial score (nSPS) is 34.4. The second-order valence-electron chi connectivity index (χ2n) is 4.40. The van der Waals surface area contributed by atoms with Crippen LogP contribution in [0, 0.1) is 0 Å². The van der Waals surface area contributed by atoms with Crippen molar-refractivity contribution >= 4 is 17.7 Å². The minimum Gasteiger partial charge on any atom is -0.374 e. The van der Waals surface area contributed by atoms with Crippen LogP contribution in [-0.4, -0.2) is 42.3 Å². The minimum absolute atomic E-state index is 0.0384. The highest BCUT2D eigenvalue weighted by atomic mass is 32.2. The van der Waals surface area contributed by atoms with Gasteiger partial charge in [0, 0.05) is 18.4 Å². The Morgan fingerprint density at radius 3 is 3.25 bits per heavy atom. The number of nitrogens with two attached hydrogens (primary N) is 1. The number of amides is 1. The first kappa shape index (κ1) is 12.2. The molecule has 0 aromatic rings. The zero-order chi connectivity index (χ0) is 11.4. The number of carbonyl (C=O) groups is 1. The largest absolute Gasteiger partial charge is 0.374 e. The summed E-state index contributed by atoms with van der Waals surface area (Å²) in [6, 6.07) is 0.270. The van der Waals surface area contributed by atoms with Crippen molar-refractivity contribution in [2.24, 2.45) is 5.73 Å². The summed E-state index contributed by atoms with van der Waals surface area (Å²) < 4.78 is 5.88. The van der Waals surface area contributed by atoms with Crippen LogP contribution in [0.25, 0.3) is 0 Å². The summed E-state index contributed by atoms with van der Waals surface area (Å²) in [5.74, 6) is 1.79. The number of hydrogen-bond acceptors (Lipinski definition) is 5. The highest BCUT2D eigenvalue weighted by Gasteiger charge is 2.40. The fraction of sp³-hybridized carbons (Fsp3) is 0.900. The maximum atomic E-state index is 10.5. The number of carbonyl (C=O) groups excluding carboxylic acids is 1. The van der Waals surface area contributed by atoms with Crippen LogP contribution in [0.5, 0.6) is 0 Å². The van der Waals surface area contributed by atoms with Crippen LogP contribution in [-0.2, 0) is 14.4 Å². The van der Waals surface area contributed by atoms with Gasteiger partial charge < -0.3 is 10.5 Å². The lowest BCUT2D eigenvalue weighted by molar-refractivity contribution is -0.130. The molecule has 2 atom stereocenters. The Morgan fingerprint density at radius 1 is 1.69 bits per heavy atom. The average molecular weight is 246 g/mol. The SMILES string of the molecule is NC(=O)CONC1CCOC2(CCSC2)C1. The molecule has 0 radical (unpaired) electrons. The number of hydrogen-bond donors (Lipinski definition) is 2. The molecule has 3 N–H and O–H groups in total. The van der Waals surface area contributed by atoms with Crippen molar-refractivity contribution in [3.8, 4) is 0 Å². The first-order chi connectivity index (χ1) is 7.70. The van der Waals surface area contributed by atoms with Crippen LogP contribution in [0.3, 0.4) is 0 Å². The van der Waals surface area contributed by atoms with Crippen LogP contribution in [0.1, 0.15) is 19.3 Å². The fourth-order valence-electron chi connectivity index (χ4n) is 2.22. The van der Waals surface area contributed by atoms with Gasteiger partial charge in [-0.1, -0.05) is 0 Å². The molecule has 0 aromatic heterocycles. The van der Waals surface area contributed by atoms with Gasteiger partial charge in [-0.15, -0.1) is 0 Å². The maximum Gasteiger partial charge on any atom is 0.245 e. The standard InChI is InChI=1S/C10H18N2O3S/c11-9(13)6-15-12-8-1-3-14-10(5-8)2-4-16-7-10/h8,12H,1-7H2,(H2,11,13). The Labute approximate surface area is 99.4 Å². The number of primary amides is 1. The molecule has 5 nitrogen and oxygen atoms in total. The van der Waals surface area contributed by atoms with E-state index in [1.807, 2.05) is 11.8 Å². The summed E-state index contributed by atoms with van der Waals surface area (Å²) in [7, 11) is 0. The zero-order valence-electron chi connectivity index (χ0n) is 9.24. The lowest BCUT2D eigenvalue weighted by Crippen LogP contribution is -2.47. The summed E-state index contributed by atoms with van der Waals surface area (Å²) >= 11 is 1.94. The Bertz CT molecular complexity index is 256. The van der Waals surface area contributed by atoms with Gasteiger partial charge >= 0.3 is 0 Å². The predicted molar refractivity (Wildman–Crippen MR) is 61.9 cm³/mol. The summed E-state index contributed by atoms with van der Waals surface area (Å²) in [6.07, 6.45) is 3.00. The van der Waals surface area contributed by atoms with Crippen LogP contribution in [0.2, 0.25) is 0 Å². The van der Waals surface area contributed by atoms with Gasteiger partial charge in [0.15, 0.2) is 0 Å². The van der Waals surface area contributed by atoms with Crippen molar-refractivity contribution in [1.82, 2.24) is 5.48 Å². The second kappa shape index (κ2) is 5.35. The van der Waals surface area contributed by atoms with Crippen molar-refractivity contribution in [2.45, 2.75) is 30.9 Å². The van der Waals surface area contributed by atoms with Crippen molar-refractivity contribution < 1.29 is 14.4 Å². The van der Waals surface area contributed by atoms with Gasteiger partial charge in [0.2, 0.25) is 5.91 Å². The molecule has 2 rings (SSSR count). The molecule has 92 valence electrons. The molecule has 16 heavy (non-hydrogen) atoms. The molecule has 6 heteroatoms. The predicted octanol–water partition coefficient (Wildman–Crippen LogP) is 0.0476. The topological polar surface area (TPSA) is 73.6 Å². The third-order valence-electron chi connectivity index (χ3n) is 3.02. The van der Waals surface area contributed by atoms with E-state index in [0.29, 0.717) is 0 Å². The van der Waals surface area contributed by atoms with Gasteiger partial charge in [-0.3, -0.25) is 9.63 Å². The van der Waals surface area contributed by atoms with E-state index in [-0.39, 0.29) is 18.2 Å². The number of rotatable bonds is 4. The monoisotopic (exact) mass is 246 g/mol. The van der Waals surface area contributed by atoms with E-state index in [1.54, 1.807) is 0 Å². The summed E-state index contributed by atoms with van der Waals surface area (Å²) in [5, 5.41) is 0. The van der Waals surface area contributed by atoms with E-state index in [4.69, 9.17) is 15.3 Å². The Hall–Kier alpha value is -0.300. The van der Waals surface area contributed by atoms with Crippen molar-refractivity contribution in [3.63, 3.8) is 0 Å². The van der Waals surface area contributed by atoms with Gasteiger partial charge in [0.25, 0.3) is 0 Å². The van der Waals surface area contributed by atoms with Gasteiger partial charge in [0.1, 0.15) is 6.61 Å². The second-order valence-corrected chi connectivity index (χ2v) is 5.50. The van der Waals surface area contributed by atoms with Crippen molar-refractivity contribution in [3.05, 3.63) is 0 Å². The lowest BCUT2D eigenvalue weighted by atomic mass is 9.90. The highest BCUT2D eigenvalue weighted by Crippen LogP contribution is 2.38.